The van der Waals surface area contributed by atoms with E-state index in [0.29, 0.717) is 18.2 Å². The van der Waals surface area contributed by atoms with Crippen LogP contribution in [0.1, 0.15) is 6.92 Å². The lowest BCUT2D eigenvalue weighted by atomic mass is 10.4. The fourth-order valence-corrected chi connectivity index (χ4v) is 0.771. The molecule has 4 nitrogen and oxygen atoms in total. The normalized spacial score (nSPS) is 9.55. The molecule has 0 amide bonds. The molecule has 0 aliphatic rings. The number of aromatic amines is 1. The quantitative estimate of drug-likeness (QED) is 0.646. The second-order valence-electron chi connectivity index (χ2n) is 2.08. The summed E-state index contributed by atoms with van der Waals surface area (Å²) in [6.45, 7) is 2.35. The maximum Gasteiger partial charge on any atom is 0.252 e. The monoisotopic (exact) mass is 154 g/mol. The van der Waals surface area contributed by atoms with Crippen molar-refractivity contribution >= 4 is 5.69 Å². The highest BCUT2D eigenvalue weighted by Gasteiger charge is 1.94. The molecular formula is C7H10N2O2. The van der Waals surface area contributed by atoms with Gasteiger partial charge in [0.2, 0.25) is 0 Å². The van der Waals surface area contributed by atoms with Gasteiger partial charge in [-0.3, -0.25) is 9.78 Å². The lowest BCUT2D eigenvalue weighted by Crippen LogP contribution is -2.08. The van der Waals surface area contributed by atoms with E-state index in [-0.39, 0.29) is 5.56 Å². The van der Waals surface area contributed by atoms with E-state index in [9.17, 15) is 4.79 Å². The zero-order valence-corrected chi connectivity index (χ0v) is 6.26. The minimum absolute atomic E-state index is 0.242. The van der Waals surface area contributed by atoms with Crippen LogP contribution >= 0.6 is 0 Å². The van der Waals surface area contributed by atoms with E-state index in [4.69, 9.17) is 10.5 Å². The van der Waals surface area contributed by atoms with Gasteiger partial charge in [-0.15, -0.1) is 0 Å². The number of hydrogen-bond acceptors (Lipinski definition) is 3. The van der Waals surface area contributed by atoms with Crippen LogP contribution in [0, 0.1) is 0 Å². The highest BCUT2D eigenvalue weighted by molar-refractivity contribution is 5.39. The Balaban J connectivity index is 2.99. The summed E-state index contributed by atoms with van der Waals surface area (Å²) in [5.41, 5.74) is 5.56. The maximum atomic E-state index is 10.8. The van der Waals surface area contributed by atoms with Crippen LogP contribution in [0.3, 0.4) is 0 Å². The molecule has 0 atom stereocenters. The van der Waals surface area contributed by atoms with Crippen molar-refractivity contribution in [3.63, 3.8) is 0 Å². The molecule has 3 N–H and O–H groups in total. The average molecular weight is 154 g/mol. The maximum absolute atomic E-state index is 10.8. The van der Waals surface area contributed by atoms with Gasteiger partial charge in [-0.05, 0) is 6.92 Å². The van der Waals surface area contributed by atoms with Gasteiger partial charge in [-0.2, -0.15) is 0 Å². The Kier molecular flexibility index (Phi) is 2.15. The topological polar surface area (TPSA) is 68.1 Å². The highest BCUT2D eigenvalue weighted by Crippen LogP contribution is 2.06. The molecule has 0 fully saturated rings. The fraction of sp³-hybridized carbons (Fsp3) is 0.286. The van der Waals surface area contributed by atoms with Gasteiger partial charge in [0, 0.05) is 17.8 Å². The van der Waals surface area contributed by atoms with E-state index in [1.165, 1.54) is 6.07 Å². The second-order valence-corrected chi connectivity index (χ2v) is 2.08. The van der Waals surface area contributed by atoms with Crippen molar-refractivity contribution < 1.29 is 4.74 Å². The molecule has 11 heavy (non-hydrogen) atoms. The minimum atomic E-state index is -0.242. The first-order valence-electron chi connectivity index (χ1n) is 3.35. The Bertz CT molecular complexity index is 293. The first-order chi connectivity index (χ1) is 5.22. The molecular weight excluding hydrogens is 144 g/mol. The summed E-state index contributed by atoms with van der Waals surface area (Å²) >= 11 is 0. The molecule has 1 aromatic rings. The van der Waals surface area contributed by atoms with E-state index >= 15 is 0 Å². The van der Waals surface area contributed by atoms with Gasteiger partial charge in [0.1, 0.15) is 0 Å². The van der Waals surface area contributed by atoms with Crippen molar-refractivity contribution in [3.05, 3.63) is 22.5 Å². The predicted molar refractivity (Wildman–Crippen MR) is 42.6 cm³/mol. The molecule has 60 valence electrons. The molecule has 1 rings (SSSR count). The number of anilines is 1. The first-order valence-corrected chi connectivity index (χ1v) is 3.35. The third-order valence-corrected chi connectivity index (χ3v) is 1.14. The van der Waals surface area contributed by atoms with Crippen molar-refractivity contribution in [3.8, 4) is 5.88 Å². The lowest BCUT2D eigenvalue weighted by molar-refractivity contribution is 0.326. The Labute approximate surface area is 64.0 Å². The van der Waals surface area contributed by atoms with Gasteiger partial charge in [0.25, 0.3) is 5.56 Å². The fourth-order valence-electron chi connectivity index (χ4n) is 0.771. The van der Waals surface area contributed by atoms with Crippen molar-refractivity contribution in [1.29, 1.82) is 0 Å². The summed E-state index contributed by atoms with van der Waals surface area (Å²) in [5.74, 6) is 0.414. The van der Waals surface area contributed by atoms with E-state index in [1.54, 1.807) is 6.07 Å². The lowest BCUT2D eigenvalue weighted by Gasteiger charge is -2.01. The molecule has 0 saturated heterocycles. The summed E-state index contributed by atoms with van der Waals surface area (Å²) in [6, 6.07) is 2.88. The van der Waals surface area contributed by atoms with Gasteiger partial charge in [0.15, 0.2) is 5.88 Å². The highest BCUT2D eigenvalue weighted by atomic mass is 16.5. The average Bonchev–Trinajstić information content (AvgIpc) is 1.85. The van der Waals surface area contributed by atoms with Crippen molar-refractivity contribution in [2.75, 3.05) is 12.3 Å². The standard InChI is InChI=1S/C7H10N2O2/c1-2-11-7-4-5(8)3-6(10)9-7/h3-4H,2H2,1H3,(H3,8,9,10). The second kappa shape index (κ2) is 3.09. The van der Waals surface area contributed by atoms with E-state index in [1.807, 2.05) is 6.92 Å². The van der Waals surface area contributed by atoms with E-state index < -0.39 is 0 Å². The van der Waals surface area contributed by atoms with Gasteiger partial charge in [-0.1, -0.05) is 0 Å². The molecule has 0 spiro atoms. The number of nitrogens with two attached hydrogens (primary N) is 1. The van der Waals surface area contributed by atoms with Crippen molar-refractivity contribution in [1.82, 2.24) is 4.98 Å². The van der Waals surface area contributed by atoms with Crippen LogP contribution in [0.4, 0.5) is 5.69 Å². The smallest absolute Gasteiger partial charge is 0.252 e. The van der Waals surface area contributed by atoms with Crippen LogP contribution in [0.2, 0.25) is 0 Å². The van der Waals surface area contributed by atoms with Gasteiger partial charge in [0.05, 0.1) is 6.61 Å². The molecule has 0 unspecified atom stereocenters. The van der Waals surface area contributed by atoms with Crippen LogP contribution in [0.25, 0.3) is 0 Å². The molecule has 0 aliphatic carbocycles. The van der Waals surface area contributed by atoms with Crippen LogP contribution in [0.15, 0.2) is 16.9 Å². The summed E-state index contributed by atoms with van der Waals surface area (Å²) in [6.07, 6.45) is 0. The Morgan fingerprint density at radius 3 is 2.91 bits per heavy atom. The van der Waals surface area contributed by atoms with Crippen LogP contribution in [-0.4, -0.2) is 11.6 Å². The zero-order valence-electron chi connectivity index (χ0n) is 6.26. The SMILES string of the molecule is CCOc1cc(N)cc(=O)[nH]1. The van der Waals surface area contributed by atoms with Crippen LogP contribution < -0.4 is 16.0 Å². The minimum Gasteiger partial charge on any atom is -0.479 e. The number of nitrogen functional groups attached to an aromatic ring is 1. The summed E-state index contributed by atoms with van der Waals surface area (Å²) in [7, 11) is 0. The van der Waals surface area contributed by atoms with Gasteiger partial charge in [-0.25, -0.2) is 0 Å². The number of pyridine rings is 1. The number of rotatable bonds is 2. The number of ether oxygens (including phenoxy) is 1. The molecule has 0 aromatic carbocycles. The van der Waals surface area contributed by atoms with E-state index in [0.717, 1.165) is 0 Å². The largest absolute Gasteiger partial charge is 0.479 e. The third-order valence-electron chi connectivity index (χ3n) is 1.14. The molecule has 0 bridgehead atoms. The van der Waals surface area contributed by atoms with Crippen LogP contribution in [-0.2, 0) is 0 Å². The van der Waals surface area contributed by atoms with Crippen LogP contribution in [0.5, 0.6) is 5.88 Å². The summed E-state index contributed by atoms with van der Waals surface area (Å²) in [4.78, 5) is 13.3. The number of hydrogen-bond donors (Lipinski definition) is 2. The van der Waals surface area contributed by atoms with Crippen molar-refractivity contribution in [2.24, 2.45) is 0 Å². The molecule has 1 aromatic heterocycles. The molecule has 0 aliphatic heterocycles. The summed E-state index contributed by atoms with van der Waals surface area (Å²) < 4.78 is 5.03. The van der Waals surface area contributed by atoms with E-state index in [2.05, 4.69) is 4.98 Å². The number of aromatic nitrogens is 1. The third kappa shape index (κ3) is 2.00. The van der Waals surface area contributed by atoms with Gasteiger partial charge >= 0.3 is 0 Å². The first kappa shape index (κ1) is 7.65. The molecule has 1 heterocycles. The molecule has 0 radical (unpaired) electrons. The Hall–Kier alpha value is -1.45. The zero-order chi connectivity index (χ0) is 8.27. The van der Waals surface area contributed by atoms with Gasteiger partial charge < -0.3 is 10.5 Å². The summed E-state index contributed by atoms with van der Waals surface area (Å²) in [5, 5.41) is 0. The number of H-pyrrole nitrogens is 1. The predicted octanol–water partition coefficient (Wildman–Crippen LogP) is 0.356. The Morgan fingerprint density at radius 2 is 2.36 bits per heavy atom. The van der Waals surface area contributed by atoms with Crippen molar-refractivity contribution in [2.45, 2.75) is 6.92 Å². The number of nitrogens with one attached hydrogen (secondary N) is 1. The molecule has 0 saturated carbocycles. The molecule has 4 heteroatoms. The Morgan fingerprint density at radius 1 is 1.64 bits per heavy atom.